The van der Waals surface area contributed by atoms with Gasteiger partial charge in [0.05, 0.1) is 0 Å². The summed E-state index contributed by atoms with van der Waals surface area (Å²) in [5.41, 5.74) is 1.76. The van der Waals surface area contributed by atoms with Gasteiger partial charge in [-0.25, -0.2) is 0 Å². The van der Waals surface area contributed by atoms with Crippen LogP contribution >= 0.6 is 0 Å². The smallest absolute Gasteiger partial charge is 0.423 e. The van der Waals surface area contributed by atoms with E-state index >= 15 is 0 Å². The van der Waals surface area contributed by atoms with Gasteiger partial charge in [0.15, 0.2) is 5.78 Å². The standard InChI is InChI=1S/C12H9BO3/c14-10-6-8-3-1-2-7-4-5-9(13(15)16)12(10)11(7)8/h1-5,15-16H,6H2. The Balaban J connectivity index is 2.46. The second-order valence-corrected chi connectivity index (χ2v) is 4.02. The Morgan fingerprint density at radius 3 is 2.69 bits per heavy atom. The molecule has 0 fully saturated rings. The van der Waals surface area contributed by atoms with Crippen LogP contribution in [-0.4, -0.2) is 22.9 Å². The van der Waals surface area contributed by atoms with Crippen LogP contribution in [-0.2, 0) is 6.42 Å². The van der Waals surface area contributed by atoms with Gasteiger partial charge >= 0.3 is 7.12 Å². The van der Waals surface area contributed by atoms with E-state index in [1.165, 1.54) is 0 Å². The van der Waals surface area contributed by atoms with Crippen LogP contribution in [0, 0.1) is 0 Å². The summed E-state index contributed by atoms with van der Waals surface area (Å²) >= 11 is 0. The summed E-state index contributed by atoms with van der Waals surface area (Å²) in [5, 5.41) is 20.3. The zero-order valence-electron chi connectivity index (χ0n) is 8.47. The van der Waals surface area contributed by atoms with E-state index in [1.807, 2.05) is 24.3 Å². The third kappa shape index (κ3) is 1.14. The first-order chi connectivity index (χ1) is 7.68. The zero-order chi connectivity index (χ0) is 11.3. The van der Waals surface area contributed by atoms with Crippen molar-refractivity contribution in [3.05, 3.63) is 41.5 Å². The monoisotopic (exact) mass is 212 g/mol. The van der Waals surface area contributed by atoms with Gasteiger partial charge in [0, 0.05) is 12.0 Å². The highest BCUT2D eigenvalue weighted by Crippen LogP contribution is 2.29. The maximum atomic E-state index is 11.8. The Labute approximate surface area is 92.5 Å². The zero-order valence-corrected chi connectivity index (χ0v) is 8.47. The summed E-state index contributed by atoms with van der Waals surface area (Å²) in [6.07, 6.45) is 0.358. The van der Waals surface area contributed by atoms with Gasteiger partial charge in [0.2, 0.25) is 0 Å². The molecule has 0 unspecified atom stereocenters. The third-order valence-corrected chi connectivity index (χ3v) is 3.07. The normalized spacial score (nSPS) is 13.5. The molecule has 16 heavy (non-hydrogen) atoms. The van der Waals surface area contributed by atoms with E-state index in [1.54, 1.807) is 6.07 Å². The maximum Gasteiger partial charge on any atom is 0.489 e. The first kappa shape index (κ1) is 9.57. The van der Waals surface area contributed by atoms with Crippen LogP contribution in [0.5, 0.6) is 0 Å². The highest BCUT2D eigenvalue weighted by molar-refractivity contribution is 6.61. The van der Waals surface area contributed by atoms with Crippen molar-refractivity contribution in [1.82, 2.24) is 0 Å². The summed E-state index contributed by atoms with van der Waals surface area (Å²) in [6, 6.07) is 9.17. The predicted octanol–water partition coefficient (Wildman–Crippen LogP) is 0.258. The van der Waals surface area contributed by atoms with Crippen LogP contribution < -0.4 is 5.46 Å². The minimum atomic E-state index is -1.59. The fraction of sp³-hybridized carbons (Fsp3) is 0.0833. The molecule has 4 heteroatoms. The Hall–Kier alpha value is -1.65. The quantitative estimate of drug-likeness (QED) is 0.666. The van der Waals surface area contributed by atoms with E-state index < -0.39 is 7.12 Å². The van der Waals surface area contributed by atoms with Crippen LogP contribution in [0.1, 0.15) is 15.9 Å². The van der Waals surface area contributed by atoms with Gasteiger partial charge in [0.1, 0.15) is 0 Å². The van der Waals surface area contributed by atoms with Gasteiger partial charge in [-0.05, 0) is 21.8 Å². The molecule has 0 bridgehead atoms. The Kier molecular flexibility index (Phi) is 1.90. The molecule has 1 aliphatic carbocycles. The minimum Gasteiger partial charge on any atom is -0.423 e. The topological polar surface area (TPSA) is 57.5 Å². The van der Waals surface area contributed by atoms with Crippen molar-refractivity contribution in [2.45, 2.75) is 6.42 Å². The van der Waals surface area contributed by atoms with Crippen LogP contribution in [0.3, 0.4) is 0 Å². The molecule has 3 nitrogen and oxygen atoms in total. The lowest BCUT2D eigenvalue weighted by Crippen LogP contribution is -2.34. The van der Waals surface area contributed by atoms with E-state index in [9.17, 15) is 14.8 Å². The van der Waals surface area contributed by atoms with Gasteiger partial charge in [-0.2, -0.15) is 0 Å². The summed E-state index contributed by atoms with van der Waals surface area (Å²) < 4.78 is 0. The van der Waals surface area contributed by atoms with Crippen molar-refractivity contribution in [1.29, 1.82) is 0 Å². The molecule has 0 saturated carbocycles. The number of hydrogen-bond donors (Lipinski definition) is 2. The molecule has 2 aromatic rings. The molecule has 0 heterocycles. The largest absolute Gasteiger partial charge is 0.489 e. The minimum absolute atomic E-state index is 0.0325. The van der Waals surface area contributed by atoms with Crippen molar-refractivity contribution in [3.8, 4) is 0 Å². The Bertz CT molecular complexity index is 604. The molecule has 0 radical (unpaired) electrons. The molecule has 0 amide bonds. The molecule has 2 N–H and O–H groups in total. The predicted molar refractivity (Wildman–Crippen MR) is 61.8 cm³/mol. The summed E-state index contributed by atoms with van der Waals surface area (Å²) in [6.45, 7) is 0. The van der Waals surface area contributed by atoms with E-state index in [2.05, 4.69) is 0 Å². The molecule has 0 atom stereocenters. The lowest BCUT2D eigenvalue weighted by atomic mass is 9.75. The van der Waals surface area contributed by atoms with Crippen molar-refractivity contribution in [2.24, 2.45) is 0 Å². The number of ketones is 1. The second-order valence-electron chi connectivity index (χ2n) is 4.02. The molecule has 0 aliphatic heterocycles. The fourth-order valence-electron chi connectivity index (χ4n) is 2.40. The number of Topliss-reactive ketones (excluding diaryl/α,β-unsaturated/α-hetero) is 1. The van der Waals surface area contributed by atoms with Crippen molar-refractivity contribution in [3.63, 3.8) is 0 Å². The summed E-state index contributed by atoms with van der Waals surface area (Å²) in [7, 11) is -1.59. The van der Waals surface area contributed by atoms with Crippen molar-refractivity contribution < 1.29 is 14.8 Å². The van der Waals surface area contributed by atoms with Gasteiger partial charge in [-0.15, -0.1) is 0 Å². The molecule has 3 rings (SSSR count). The van der Waals surface area contributed by atoms with E-state index in [-0.39, 0.29) is 5.78 Å². The molecule has 0 saturated heterocycles. The molecule has 0 aromatic heterocycles. The van der Waals surface area contributed by atoms with Crippen molar-refractivity contribution in [2.75, 3.05) is 0 Å². The molecular formula is C12H9BO3. The van der Waals surface area contributed by atoms with Gasteiger partial charge < -0.3 is 10.0 Å². The fourth-order valence-corrected chi connectivity index (χ4v) is 2.40. The molecule has 78 valence electrons. The summed E-state index contributed by atoms with van der Waals surface area (Å²) in [5.74, 6) is -0.0325. The highest BCUT2D eigenvalue weighted by Gasteiger charge is 2.28. The summed E-state index contributed by atoms with van der Waals surface area (Å²) in [4.78, 5) is 11.8. The Morgan fingerprint density at radius 1 is 1.12 bits per heavy atom. The average Bonchev–Trinajstić information content (AvgIpc) is 2.59. The lowest BCUT2D eigenvalue weighted by molar-refractivity contribution is 0.100. The van der Waals surface area contributed by atoms with E-state index in [0.717, 1.165) is 16.3 Å². The van der Waals surface area contributed by atoms with Crippen molar-refractivity contribution >= 4 is 29.1 Å². The number of benzene rings is 2. The molecule has 0 spiro atoms. The van der Waals surface area contributed by atoms with E-state index in [0.29, 0.717) is 17.4 Å². The maximum absolute atomic E-state index is 11.8. The molecule has 1 aliphatic rings. The number of carbonyl (C=O) groups excluding carboxylic acids is 1. The molecular weight excluding hydrogens is 203 g/mol. The molecule has 2 aromatic carbocycles. The SMILES string of the molecule is O=C1Cc2cccc3ccc(B(O)O)c1c23. The van der Waals surface area contributed by atoms with E-state index in [4.69, 9.17) is 0 Å². The Morgan fingerprint density at radius 2 is 1.94 bits per heavy atom. The third-order valence-electron chi connectivity index (χ3n) is 3.07. The lowest BCUT2D eigenvalue weighted by Gasteiger charge is -2.06. The first-order valence-corrected chi connectivity index (χ1v) is 5.12. The van der Waals surface area contributed by atoms with Crippen LogP contribution in [0.15, 0.2) is 30.3 Å². The highest BCUT2D eigenvalue weighted by atomic mass is 16.4. The van der Waals surface area contributed by atoms with Crippen LogP contribution in [0.2, 0.25) is 0 Å². The number of rotatable bonds is 1. The number of carbonyl (C=O) groups is 1. The second kappa shape index (κ2) is 3.17. The van der Waals surface area contributed by atoms with Gasteiger partial charge in [0.25, 0.3) is 0 Å². The van der Waals surface area contributed by atoms with Crippen LogP contribution in [0.25, 0.3) is 10.8 Å². The number of hydrogen-bond acceptors (Lipinski definition) is 3. The van der Waals surface area contributed by atoms with Gasteiger partial charge in [-0.3, -0.25) is 4.79 Å². The average molecular weight is 212 g/mol. The van der Waals surface area contributed by atoms with Gasteiger partial charge in [-0.1, -0.05) is 30.3 Å². The van der Waals surface area contributed by atoms with Crippen LogP contribution in [0.4, 0.5) is 0 Å². The first-order valence-electron chi connectivity index (χ1n) is 5.12.